The number of hydrogen-bond acceptors (Lipinski definition) is 1. The number of hydrogen-bond donors (Lipinski definition) is 1. The van der Waals surface area contributed by atoms with Crippen LogP contribution in [0.5, 0.6) is 0 Å². The highest BCUT2D eigenvalue weighted by Crippen LogP contribution is 2.24. The Morgan fingerprint density at radius 2 is 1.94 bits per heavy atom. The van der Waals surface area contributed by atoms with E-state index in [1.54, 1.807) is 12.1 Å². The van der Waals surface area contributed by atoms with Crippen molar-refractivity contribution in [3.8, 4) is 0 Å². The van der Waals surface area contributed by atoms with Gasteiger partial charge in [0, 0.05) is 6.04 Å². The Kier molecular flexibility index (Phi) is 6.34. The Morgan fingerprint density at radius 3 is 2.50 bits per heavy atom. The average Bonchev–Trinajstić information content (AvgIpc) is 2.28. The van der Waals surface area contributed by atoms with Gasteiger partial charge < -0.3 is 5.32 Å². The summed E-state index contributed by atoms with van der Waals surface area (Å²) in [6, 6.07) is 5.47. The number of halogens is 1. The highest BCUT2D eigenvalue weighted by molar-refractivity contribution is 5.29. The van der Waals surface area contributed by atoms with Crippen molar-refractivity contribution in [1.29, 1.82) is 0 Å². The van der Waals surface area contributed by atoms with Crippen molar-refractivity contribution < 1.29 is 4.39 Å². The number of nitrogens with one attached hydrogen (secondary N) is 1. The molecule has 1 aromatic rings. The van der Waals surface area contributed by atoms with Gasteiger partial charge in [-0.15, -0.1) is 0 Å². The second-order valence-corrected chi connectivity index (χ2v) is 5.44. The lowest BCUT2D eigenvalue weighted by Gasteiger charge is -2.21. The Hall–Kier alpha value is -0.890. The van der Waals surface area contributed by atoms with E-state index < -0.39 is 0 Å². The zero-order chi connectivity index (χ0) is 13.5. The molecule has 1 unspecified atom stereocenters. The van der Waals surface area contributed by atoms with Crippen molar-refractivity contribution in [3.05, 3.63) is 35.1 Å². The van der Waals surface area contributed by atoms with E-state index in [0.717, 1.165) is 24.4 Å². The maximum absolute atomic E-state index is 13.1. The lowest BCUT2D eigenvalue weighted by atomic mass is 9.95. The minimum absolute atomic E-state index is 0.145. The van der Waals surface area contributed by atoms with E-state index in [2.05, 4.69) is 26.1 Å². The summed E-state index contributed by atoms with van der Waals surface area (Å²) in [4.78, 5) is 0. The molecule has 1 aromatic carbocycles. The molecule has 0 saturated heterocycles. The summed E-state index contributed by atoms with van der Waals surface area (Å²) >= 11 is 0. The first-order valence-electron chi connectivity index (χ1n) is 7.04. The van der Waals surface area contributed by atoms with Gasteiger partial charge in [0.2, 0.25) is 0 Å². The summed E-state index contributed by atoms with van der Waals surface area (Å²) in [6.07, 6.45) is 3.59. The summed E-state index contributed by atoms with van der Waals surface area (Å²) in [5.74, 6) is 0.607. The van der Waals surface area contributed by atoms with Crippen LogP contribution < -0.4 is 5.32 Å². The van der Waals surface area contributed by atoms with Crippen molar-refractivity contribution >= 4 is 0 Å². The molecule has 0 aliphatic rings. The molecule has 1 nitrogen and oxygen atoms in total. The topological polar surface area (TPSA) is 12.0 Å². The Bertz CT molecular complexity index is 360. The van der Waals surface area contributed by atoms with Crippen LogP contribution in [0.2, 0.25) is 0 Å². The first-order valence-corrected chi connectivity index (χ1v) is 7.04. The van der Waals surface area contributed by atoms with Crippen LogP contribution in [0.4, 0.5) is 4.39 Å². The zero-order valence-corrected chi connectivity index (χ0v) is 12.1. The van der Waals surface area contributed by atoms with Crippen molar-refractivity contribution in [3.63, 3.8) is 0 Å². The van der Waals surface area contributed by atoms with Crippen LogP contribution in [-0.2, 0) is 0 Å². The molecule has 1 rings (SSSR count). The van der Waals surface area contributed by atoms with Crippen LogP contribution >= 0.6 is 0 Å². The summed E-state index contributed by atoms with van der Waals surface area (Å²) < 4.78 is 13.1. The lowest BCUT2D eigenvalue weighted by molar-refractivity contribution is 0.453. The fraction of sp³-hybridized carbons (Fsp3) is 0.625. The van der Waals surface area contributed by atoms with E-state index in [1.807, 2.05) is 13.0 Å². The Balaban J connectivity index is 2.70. The van der Waals surface area contributed by atoms with Gasteiger partial charge in [0.25, 0.3) is 0 Å². The molecular weight excluding hydrogens is 225 g/mol. The number of rotatable bonds is 7. The van der Waals surface area contributed by atoms with Crippen LogP contribution in [-0.4, -0.2) is 6.54 Å². The smallest absolute Gasteiger partial charge is 0.123 e. The quantitative estimate of drug-likeness (QED) is 0.746. The van der Waals surface area contributed by atoms with Gasteiger partial charge in [0.1, 0.15) is 5.82 Å². The first kappa shape index (κ1) is 15.2. The molecule has 0 amide bonds. The molecule has 0 bridgehead atoms. The van der Waals surface area contributed by atoms with Crippen LogP contribution in [0, 0.1) is 18.7 Å². The minimum Gasteiger partial charge on any atom is -0.310 e. The predicted molar refractivity (Wildman–Crippen MR) is 76.2 cm³/mol. The van der Waals surface area contributed by atoms with Crippen LogP contribution in [0.3, 0.4) is 0 Å². The maximum Gasteiger partial charge on any atom is 0.123 e. The first-order chi connectivity index (χ1) is 8.54. The second-order valence-electron chi connectivity index (χ2n) is 5.44. The summed E-state index contributed by atoms with van der Waals surface area (Å²) in [5.41, 5.74) is 2.28. The van der Waals surface area contributed by atoms with Crippen molar-refractivity contribution in [2.75, 3.05) is 6.54 Å². The monoisotopic (exact) mass is 251 g/mol. The van der Waals surface area contributed by atoms with E-state index in [9.17, 15) is 4.39 Å². The third-order valence-electron chi connectivity index (χ3n) is 3.33. The fourth-order valence-corrected chi connectivity index (χ4v) is 2.37. The molecule has 0 fully saturated rings. The van der Waals surface area contributed by atoms with Gasteiger partial charge in [-0.25, -0.2) is 4.39 Å². The molecule has 0 aromatic heterocycles. The van der Waals surface area contributed by atoms with E-state index >= 15 is 0 Å². The summed E-state index contributed by atoms with van der Waals surface area (Å²) in [7, 11) is 0. The molecule has 0 aliphatic heterocycles. The maximum atomic E-state index is 13.1. The van der Waals surface area contributed by atoms with Crippen molar-refractivity contribution in [2.24, 2.45) is 5.92 Å². The molecule has 0 spiro atoms. The molecule has 102 valence electrons. The third-order valence-corrected chi connectivity index (χ3v) is 3.33. The summed E-state index contributed by atoms with van der Waals surface area (Å²) in [5, 5.41) is 3.51. The van der Waals surface area contributed by atoms with E-state index in [1.165, 1.54) is 18.4 Å². The molecule has 0 saturated carbocycles. The molecule has 1 N–H and O–H groups in total. The highest BCUT2D eigenvalue weighted by atomic mass is 19.1. The number of aryl methyl sites for hydroxylation is 1. The molecule has 1 atom stereocenters. The van der Waals surface area contributed by atoms with Gasteiger partial charge in [-0.2, -0.15) is 0 Å². The van der Waals surface area contributed by atoms with E-state index in [0.29, 0.717) is 6.04 Å². The third kappa shape index (κ3) is 4.77. The van der Waals surface area contributed by atoms with Crippen LogP contribution in [0.1, 0.15) is 57.2 Å². The van der Waals surface area contributed by atoms with Crippen LogP contribution in [0.15, 0.2) is 18.2 Å². The normalized spacial score (nSPS) is 13.0. The number of benzene rings is 1. The zero-order valence-electron chi connectivity index (χ0n) is 12.1. The summed E-state index contributed by atoms with van der Waals surface area (Å²) in [6.45, 7) is 9.57. The van der Waals surface area contributed by atoms with E-state index in [-0.39, 0.29) is 5.82 Å². The van der Waals surface area contributed by atoms with Gasteiger partial charge in [0.15, 0.2) is 0 Å². The van der Waals surface area contributed by atoms with Crippen molar-refractivity contribution in [1.82, 2.24) is 5.32 Å². The van der Waals surface area contributed by atoms with E-state index in [4.69, 9.17) is 0 Å². The molecular formula is C16H26FN. The van der Waals surface area contributed by atoms with Crippen molar-refractivity contribution in [2.45, 2.75) is 53.0 Å². The fourth-order valence-electron chi connectivity index (χ4n) is 2.37. The van der Waals surface area contributed by atoms with Crippen LogP contribution in [0.25, 0.3) is 0 Å². The predicted octanol–water partition coefficient (Wildman–Crippen LogP) is 4.61. The Morgan fingerprint density at radius 1 is 1.22 bits per heavy atom. The molecule has 0 heterocycles. The molecule has 2 heteroatoms. The Labute approximate surface area is 111 Å². The van der Waals surface area contributed by atoms with Gasteiger partial charge in [-0.1, -0.05) is 39.7 Å². The molecule has 0 aliphatic carbocycles. The molecule has 18 heavy (non-hydrogen) atoms. The van der Waals surface area contributed by atoms with Gasteiger partial charge >= 0.3 is 0 Å². The average molecular weight is 251 g/mol. The SMILES string of the molecule is CCNC(CCCC(C)C)c1ccc(F)cc1C. The molecule has 0 radical (unpaired) electrons. The van der Waals surface area contributed by atoms with Gasteiger partial charge in [-0.3, -0.25) is 0 Å². The second kappa shape index (κ2) is 7.52. The largest absolute Gasteiger partial charge is 0.310 e. The minimum atomic E-state index is -0.145. The van der Waals surface area contributed by atoms with Gasteiger partial charge in [0.05, 0.1) is 0 Å². The standard InChI is InChI=1S/C16H26FN/c1-5-18-16(8-6-7-12(2)3)15-10-9-14(17)11-13(15)4/h9-12,16,18H,5-8H2,1-4H3. The highest BCUT2D eigenvalue weighted by Gasteiger charge is 2.13. The van der Waals surface area contributed by atoms with Gasteiger partial charge in [-0.05, 0) is 49.1 Å². The lowest BCUT2D eigenvalue weighted by Crippen LogP contribution is -2.21.